The van der Waals surface area contributed by atoms with Gasteiger partial charge >= 0.3 is 0 Å². The molecule has 4 rings (SSSR count). The van der Waals surface area contributed by atoms with E-state index in [9.17, 15) is 13.2 Å². The summed E-state index contributed by atoms with van der Waals surface area (Å²) >= 11 is 2.53. The molecule has 1 aliphatic rings. The number of nitrogens with one attached hydrogen (secondary N) is 1. The van der Waals surface area contributed by atoms with Gasteiger partial charge in [-0.2, -0.15) is 0 Å². The van der Waals surface area contributed by atoms with Gasteiger partial charge in [-0.05, 0) is 41.1 Å². The average molecular weight is 422 g/mol. The van der Waals surface area contributed by atoms with Crippen LogP contribution >= 0.6 is 22.7 Å². The minimum atomic E-state index is -3.60. The van der Waals surface area contributed by atoms with E-state index < -0.39 is 15.1 Å². The number of thiophene rings is 2. The summed E-state index contributed by atoms with van der Waals surface area (Å²) < 4.78 is 36.9. The molecule has 0 radical (unpaired) electrons. The SMILES string of the molecule is O=C(NCC(c1cccs1)S(=O)(=O)c1cccs1)c1ccc2c(c1)OCO2. The van der Waals surface area contributed by atoms with Gasteiger partial charge in [0.05, 0.1) is 0 Å². The molecular formula is C18H15NO5S3. The zero-order chi connectivity index (χ0) is 18.9. The van der Waals surface area contributed by atoms with E-state index in [-0.39, 0.29) is 19.2 Å². The fourth-order valence-corrected chi connectivity index (χ4v) is 6.72. The van der Waals surface area contributed by atoms with Crippen molar-refractivity contribution in [1.29, 1.82) is 0 Å². The van der Waals surface area contributed by atoms with Crippen LogP contribution in [0.2, 0.25) is 0 Å². The maximum absolute atomic E-state index is 13.0. The number of amides is 1. The molecule has 0 spiro atoms. The van der Waals surface area contributed by atoms with Crippen LogP contribution in [-0.2, 0) is 9.84 Å². The highest BCUT2D eigenvalue weighted by Crippen LogP contribution is 2.34. The second kappa shape index (κ2) is 7.34. The maximum Gasteiger partial charge on any atom is 0.251 e. The highest BCUT2D eigenvalue weighted by atomic mass is 32.2. The summed E-state index contributed by atoms with van der Waals surface area (Å²) in [6.07, 6.45) is 0. The van der Waals surface area contributed by atoms with Gasteiger partial charge in [-0.3, -0.25) is 4.79 Å². The van der Waals surface area contributed by atoms with Crippen molar-refractivity contribution >= 4 is 38.4 Å². The van der Waals surface area contributed by atoms with Crippen LogP contribution in [0.5, 0.6) is 11.5 Å². The van der Waals surface area contributed by atoms with Gasteiger partial charge in [0.2, 0.25) is 6.79 Å². The minimum absolute atomic E-state index is 0.0198. The molecule has 140 valence electrons. The molecule has 1 aromatic carbocycles. The molecule has 0 fully saturated rings. The zero-order valence-electron chi connectivity index (χ0n) is 14.0. The standard InChI is InChI=1S/C18H15NO5S3/c20-18(12-5-6-13-14(9-12)24-11-23-13)19-10-16(15-3-1-7-25-15)27(21,22)17-4-2-8-26-17/h1-9,16H,10-11H2,(H,19,20). The van der Waals surface area contributed by atoms with Gasteiger partial charge in [0.1, 0.15) is 9.46 Å². The van der Waals surface area contributed by atoms with Gasteiger partial charge in [-0.1, -0.05) is 12.1 Å². The molecule has 0 aliphatic carbocycles. The number of ether oxygens (including phenoxy) is 2. The number of rotatable bonds is 6. The molecular weight excluding hydrogens is 406 g/mol. The van der Waals surface area contributed by atoms with Crippen molar-refractivity contribution in [3.05, 3.63) is 63.7 Å². The topological polar surface area (TPSA) is 81.7 Å². The summed E-state index contributed by atoms with van der Waals surface area (Å²) in [5.41, 5.74) is 0.387. The van der Waals surface area contributed by atoms with E-state index in [4.69, 9.17) is 9.47 Å². The van der Waals surface area contributed by atoms with Crippen LogP contribution in [0, 0.1) is 0 Å². The summed E-state index contributed by atoms with van der Waals surface area (Å²) in [4.78, 5) is 13.2. The van der Waals surface area contributed by atoms with E-state index in [0.717, 1.165) is 0 Å². The molecule has 9 heteroatoms. The van der Waals surface area contributed by atoms with E-state index in [1.165, 1.54) is 22.7 Å². The largest absolute Gasteiger partial charge is 0.454 e. The highest BCUT2D eigenvalue weighted by molar-refractivity contribution is 7.93. The van der Waals surface area contributed by atoms with Crippen LogP contribution in [0.25, 0.3) is 0 Å². The number of benzene rings is 1. The lowest BCUT2D eigenvalue weighted by Gasteiger charge is -2.16. The van der Waals surface area contributed by atoms with Crippen LogP contribution in [0.3, 0.4) is 0 Å². The molecule has 6 nitrogen and oxygen atoms in total. The molecule has 1 atom stereocenters. The van der Waals surface area contributed by atoms with Gasteiger partial charge < -0.3 is 14.8 Å². The summed E-state index contributed by atoms with van der Waals surface area (Å²) in [6.45, 7) is 0.105. The van der Waals surface area contributed by atoms with E-state index in [1.807, 2.05) is 5.38 Å². The second-order valence-corrected chi connectivity index (χ2v) is 10.0. The average Bonchev–Trinajstić information content (AvgIpc) is 3.42. The fourth-order valence-electron chi connectivity index (χ4n) is 2.73. The predicted molar refractivity (Wildman–Crippen MR) is 103 cm³/mol. The van der Waals surface area contributed by atoms with Crippen LogP contribution < -0.4 is 14.8 Å². The lowest BCUT2D eigenvalue weighted by atomic mass is 10.2. The monoisotopic (exact) mass is 421 g/mol. The Morgan fingerprint density at radius 3 is 2.59 bits per heavy atom. The Bertz CT molecular complexity index is 1040. The molecule has 1 N–H and O–H groups in total. The first-order valence-corrected chi connectivity index (χ1v) is 11.3. The predicted octanol–water partition coefficient (Wildman–Crippen LogP) is 3.48. The summed E-state index contributed by atoms with van der Waals surface area (Å²) in [7, 11) is -3.60. The van der Waals surface area contributed by atoms with Crippen molar-refractivity contribution in [2.75, 3.05) is 13.3 Å². The number of fused-ring (bicyclic) bond motifs is 1. The Morgan fingerprint density at radius 1 is 1.07 bits per heavy atom. The molecule has 27 heavy (non-hydrogen) atoms. The molecule has 0 bridgehead atoms. The Labute approximate surface area is 164 Å². The zero-order valence-corrected chi connectivity index (χ0v) is 16.4. The van der Waals surface area contributed by atoms with Crippen molar-refractivity contribution in [3.8, 4) is 11.5 Å². The summed E-state index contributed by atoms with van der Waals surface area (Å²) in [5, 5.41) is 5.46. The molecule has 1 unspecified atom stereocenters. The first kappa shape index (κ1) is 18.0. The van der Waals surface area contributed by atoms with Gasteiger partial charge in [0.15, 0.2) is 21.3 Å². The first-order valence-electron chi connectivity index (χ1n) is 8.04. The first-order chi connectivity index (χ1) is 13.1. The van der Waals surface area contributed by atoms with Crippen LogP contribution in [0.4, 0.5) is 0 Å². The molecule has 3 aromatic rings. The molecule has 1 amide bonds. The third-order valence-corrected chi connectivity index (χ3v) is 8.74. The highest BCUT2D eigenvalue weighted by Gasteiger charge is 2.31. The fraction of sp³-hybridized carbons (Fsp3) is 0.167. The number of carbonyl (C=O) groups excluding carboxylic acids is 1. The second-order valence-electron chi connectivity index (χ2n) is 5.76. The van der Waals surface area contributed by atoms with Crippen molar-refractivity contribution in [2.24, 2.45) is 0 Å². The van der Waals surface area contributed by atoms with Crippen molar-refractivity contribution in [1.82, 2.24) is 5.32 Å². The van der Waals surface area contributed by atoms with E-state index in [1.54, 1.807) is 47.8 Å². The number of carbonyl (C=O) groups is 1. The summed E-state index contributed by atoms with van der Waals surface area (Å²) in [6, 6.07) is 11.7. The normalized spacial score (nSPS) is 14.1. The third kappa shape index (κ3) is 3.58. The lowest BCUT2D eigenvalue weighted by Crippen LogP contribution is -2.31. The van der Waals surface area contributed by atoms with Crippen LogP contribution in [-0.4, -0.2) is 27.7 Å². The van der Waals surface area contributed by atoms with Crippen molar-refractivity contribution in [3.63, 3.8) is 0 Å². The van der Waals surface area contributed by atoms with Gasteiger partial charge in [0, 0.05) is 17.0 Å². The molecule has 0 saturated heterocycles. The molecule has 1 aliphatic heterocycles. The van der Waals surface area contributed by atoms with Crippen LogP contribution in [0.15, 0.2) is 57.4 Å². The summed E-state index contributed by atoms with van der Waals surface area (Å²) in [5.74, 6) is 0.725. The Kier molecular flexibility index (Phi) is 4.90. The Balaban J connectivity index is 1.55. The van der Waals surface area contributed by atoms with Gasteiger partial charge in [0.25, 0.3) is 5.91 Å². The minimum Gasteiger partial charge on any atom is -0.454 e. The molecule has 0 saturated carbocycles. The van der Waals surface area contributed by atoms with E-state index in [0.29, 0.717) is 26.1 Å². The van der Waals surface area contributed by atoms with Crippen molar-refractivity contribution < 1.29 is 22.7 Å². The van der Waals surface area contributed by atoms with Gasteiger partial charge in [-0.15, -0.1) is 22.7 Å². The smallest absolute Gasteiger partial charge is 0.251 e. The lowest BCUT2D eigenvalue weighted by molar-refractivity contribution is 0.0953. The molecule has 2 aromatic heterocycles. The Morgan fingerprint density at radius 2 is 1.85 bits per heavy atom. The third-order valence-electron chi connectivity index (χ3n) is 4.09. The van der Waals surface area contributed by atoms with E-state index in [2.05, 4.69) is 5.32 Å². The molecule has 3 heterocycles. The quantitative estimate of drug-likeness (QED) is 0.659. The number of hydrogen-bond acceptors (Lipinski definition) is 7. The Hall–Kier alpha value is -2.36. The van der Waals surface area contributed by atoms with Crippen LogP contribution in [0.1, 0.15) is 20.5 Å². The maximum atomic E-state index is 13.0. The number of sulfone groups is 1. The van der Waals surface area contributed by atoms with Crippen molar-refractivity contribution in [2.45, 2.75) is 9.46 Å². The number of hydrogen-bond donors (Lipinski definition) is 1. The van der Waals surface area contributed by atoms with Gasteiger partial charge in [-0.25, -0.2) is 8.42 Å². The van der Waals surface area contributed by atoms with E-state index >= 15 is 0 Å².